The van der Waals surface area contributed by atoms with Gasteiger partial charge in [0.2, 0.25) is 0 Å². The van der Waals surface area contributed by atoms with Crippen LogP contribution < -0.4 is 4.90 Å². The van der Waals surface area contributed by atoms with E-state index in [0.717, 1.165) is 28.4 Å². The summed E-state index contributed by atoms with van der Waals surface area (Å²) in [5.41, 5.74) is 15.1. The average Bonchev–Trinajstić information content (AvgIpc) is 3.85. The molecule has 12 rings (SSSR count). The van der Waals surface area contributed by atoms with Crippen LogP contribution in [0.15, 0.2) is 237 Å². The first-order chi connectivity index (χ1) is 30.3. The smallest absolute Gasteiger partial charge is 0.0542 e. The Bertz CT molecular complexity index is 3520. The maximum atomic E-state index is 2.41. The van der Waals surface area contributed by atoms with Crippen LogP contribution in [0.3, 0.4) is 0 Å². The van der Waals surface area contributed by atoms with Gasteiger partial charge in [0.15, 0.2) is 0 Å². The summed E-state index contributed by atoms with van der Waals surface area (Å²) < 4.78 is 4.78. The Morgan fingerprint density at radius 3 is 1.38 bits per heavy atom. The molecule has 0 aliphatic rings. The fraction of sp³-hybridized carbons (Fsp3) is 0. The van der Waals surface area contributed by atoms with E-state index in [0.29, 0.717) is 0 Å². The molecule has 0 fully saturated rings. The van der Waals surface area contributed by atoms with Gasteiger partial charge in [0.05, 0.1) is 22.1 Å². The van der Waals surface area contributed by atoms with Crippen LogP contribution in [-0.4, -0.2) is 9.13 Å². The fourth-order valence-electron chi connectivity index (χ4n) is 9.60. The molecule has 0 saturated carbocycles. The molecule has 61 heavy (non-hydrogen) atoms. The first-order valence-corrected chi connectivity index (χ1v) is 20.9. The third-order valence-electron chi connectivity index (χ3n) is 12.3. The molecule has 0 N–H and O–H groups in total. The van der Waals surface area contributed by atoms with Crippen molar-refractivity contribution in [1.82, 2.24) is 9.13 Å². The zero-order chi connectivity index (χ0) is 40.3. The van der Waals surface area contributed by atoms with Crippen molar-refractivity contribution in [3.8, 4) is 33.6 Å². The second-order valence-corrected chi connectivity index (χ2v) is 15.7. The van der Waals surface area contributed by atoms with Gasteiger partial charge in [-0.1, -0.05) is 158 Å². The highest BCUT2D eigenvalue weighted by atomic mass is 15.1. The Kier molecular flexibility index (Phi) is 8.17. The molecule has 2 aromatic heterocycles. The summed E-state index contributed by atoms with van der Waals surface area (Å²) in [5, 5.41) is 7.43. The summed E-state index contributed by atoms with van der Waals surface area (Å²) in [6, 6.07) is 85.9. The number of fused-ring (bicyclic) bond motifs is 7. The van der Waals surface area contributed by atoms with Crippen molar-refractivity contribution in [3.63, 3.8) is 0 Å². The first kappa shape index (κ1) is 34.9. The van der Waals surface area contributed by atoms with E-state index in [1.807, 2.05) is 0 Å². The van der Waals surface area contributed by atoms with Crippen LogP contribution in [0.5, 0.6) is 0 Å². The fourth-order valence-corrected chi connectivity index (χ4v) is 9.60. The second kappa shape index (κ2) is 14.3. The van der Waals surface area contributed by atoms with Crippen molar-refractivity contribution < 1.29 is 0 Å². The normalized spacial score (nSPS) is 11.6. The number of rotatable bonds is 7. The summed E-state index contributed by atoms with van der Waals surface area (Å²) in [7, 11) is 0. The Balaban J connectivity index is 1.05. The van der Waals surface area contributed by atoms with Crippen molar-refractivity contribution in [2.75, 3.05) is 4.90 Å². The molecule has 2 heterocycles. The lowest BCUT2D eigenvalue weighted by atomic mass is 9.91. The highest BCUT2D eigenvalue weighted by molar-refractivity contribution is 6.12. The number of aromatic nitrogens is 2. The molecule has 0 saturated heterocycles. The molecule has 0 spiro atoms. The Morgan fingerprint density at radius 1 is 0.279 bits per heavy atom. The number of hydrogen-bond donors (Lipinski definition) is 0. The van der Waals surface area contributed by atoms with Gasteiger partial charge in [0.25, 0.3) is 0 Å². The minimum absolute atomic E-state index is 1.08. The molecular formula is C58H39N3. The van der Waals surface area contributed by atoms with Gasteiger partial charge in [-0.2, -0.15) is 0 Å². The van der Waals surface area contributed by atoms with Crippen LogP contribution in [0.1, 0.15) is 0 Å². The molecule has 12 aromatic rings. The highest BCUT2D eigenvalue weighted by Crippen LogP contribution is 2.43. The Hall–Kier alpha value is -8.14. The van der Waals surface area contributed by atoms with E-state index >= 15 is 0 Å². The zero-order valence-electron chi connectivity index (χ0n) is 33.4. The minimum Gasteiger partial charge on any atom is -0.310 e. The number of nitrogens with zero attached hydrogens (tertiary/aromatic N) is 3. The molecule has 286 valence electrons. The van der Waals surface area contributed by atoms with Crippen LogP contribution in [0.2, 0.25) is 0 Å². The number of benzene rings is 10. The molecule has 0 radical (unpaired) electrons. The molecule has 0 amide bonds. The lowest BCUT2D eigenvalue weighted by molar-refractivity contribution is 1.17. The van der Waals surface area contributed by atoms with E-state index in [2.05, 4.69) is 251 Å². The van der Waals surface area contributed by atoms with Gasteiger partial charge in [-0.05, 0) is 112 Å². The van der Waals surface area contributed by atoms with Crippen LogP contribution in [0, 0.1) is 0 Å². The van der Waals surface area contributed by atoms with E-state index in [9.17, 15) is 0 Å². The average molecular weight is 778 g/mol. The standard InChI is InChI=1S/C58H39N3/c1-3-16-40(17-4-1)48-27-13-18-42-19-14-28-49(58(42)48)41-32-34-44(35-33-41)59(45-22-15-23-46(38-45)61-54-29-10-7-24-50(54)51-25-8-11-30-55(51)61)47-36-37-57-53(39-47)52-26-9-12-31-56(52)60(57)43-20-5-2-6-21-43/h1-39H. The molecule has 10 aromatic carbocycles. The monoisotopic (exact) mass is 777 g/mol. The summed E-state index contributed by atoms with van der Waals surface area (Å²) in [5.74, 6) is 0. The zero-order valence-corrected chi connectivity index (χ0v) is 33.4. The lowest BCUT2D eigenvalue weighted by Gasteiger charge is -2.27. The number of anilines is 3. The van der Waals surface area contributed by atoms with E-state index in [-0.39, 0.29) is 0 Å². The molecule has 0 bridgehead atoms. The van der Waals surface area contributed by atoms with E-state index in [1.165, 1.54) is 76.6 Å². The third-order valence-corrected chi connectivity index (χ3v) is 12.3. The lowest BCUT2D eigenvalue weighted by Crippen LogP contribution is -2.10. The van der Waals surface area contributed by atoms with Gasteiger partial charge in [-0.15, -0.1) is 0 Å². The van der Waals surface area contributed by atoms with Gasteiger partial charge in [-0.25, -0.2) is 0 Å². The predicted molar refractivity (Wildman–Crippen MR) is 258 cm³/mol. The van der Waals surface area contributed by atoms with Gasteiger partial charge < -0.3 is 14.0 Å². The Labute approximate surface area is 354 Å². The summed E-state index contributed by atoms with van der Waals surface area (Å²) in [4.78, 5) is 2.41. The third kappa shape index (κ3) is 5.74. The summed E-state index contributed by atoms with van der Waals surface area (Å²) in [6.07, 6.45) is 0. The van der Waals surface area contributed by atoms with Gasteiger partial charge in [0.1, 0.15) is 0 Å². The van der Waals surface area contributed by atoms with Crippen LogP contribution in [0.25, 0.3) is 88.0 Å². The number of para-hydroxylation sites is 4. The maximum Gasteiger partial charge on any atom is 0.0542 e. The van der Waals surface area contributed by atoms with Gasteiger partial charge in [0, 0.05) is 50.0 Å². The quantitative estimate of drug-likeness (QED) is 0.157. The summed E-state index contributed by atoms with van der Waals surface area (Å²) >= 11 is 0. The van der Waals surface area contributed by atoms with Crippen molar-refractivity contribution in [1.29, 1.82) is 0 Å². The molecule has 0 unspecified atom stereocenters. The molecule has 3 heteroatoms. The maximum absolute atomic E-state index is 2.41. The van der Waals surface area contributed by atoms with Gasteiger partial charge >= 0.3 is 0 Å². The first-order valence-electron chi connectivity index (χ1n) is 20.9. The van der Waals surface area contributed by atoms with Crippen molar-refractivity contribution >= 4 is 71.4 Å². The van der Waals surface area contributed by atoms with E-state index in [1.54, 1.807) is 0 Å². The Morgan fingerprint density at radius 2 is 0.738 bits per heavy atom. The van der Waals surface area contributed by atoms with Crippen molar-refractivity contribution in [3.05, 3.63) is 237 Å². The molecule has 3 nitrogen and oxygen atoms in total. The van der Waals surface area contributed by atoms with Crippen molar-refractivity contribution in [2.24, 2.45) is 0 Å². The van der Waals surface area contributed by atoms with Crippen LogP contribution >= 0.6 is 0 Å². The van der Waals surface area contributed by atoms with Gasteiger partial charge in [-0.3, -0.25) is 0 Å². The topological polar surface area (TPSA) is 13.1 Å². The number of hydrogen-bond acceptors (Lipinski definition) is 1. The van der Waals surface area contributed by atoms with Crippen molar-refractivity contribution in [2.45, 2.75) is 0 Å². The largest absolute Gasteiger partial charge is 0.310 e. The minimum atomic E-state index is 1.08. The second-order valence-electron chi connectivity index (χ2n) is 15.7. The van der Waals surface area contributed by atoms with E-state index < -0.39 is 0 Å². The molecular weight excluding hydrogens is 739 g/mol. The SMILES string of the molecule is c1ccc(-c2cccc3cccc(-c4ccc(N(c5cccc(-n6c7ccccc7c7ccccc76)c5)c5ccc6c(c5)c5ccccc5n6-c5ccccc5)cc4)c23)cc1. The molecule has 0 atom stereocenters. The molecule has 0 aliphatic heterocycles. The highest BCUT2D eigenvalue weighted by Gasteiger charge is 2.20. The van der Waals surface area contributed by atoms with Crippen LogP contribution in [-0.2, 0) is 0 Å². The van der Waals surface area contributed by atoms with Crippen LogP contribution in [0.4, 0.5) is 17.1 Å². The molecule has 0 aliphatic carbocycles. The predicted octanol–water partition coefficient (Wildman–Crippen LogP) is 15.8. The summed E-state index contributed by atoms with van der Waals surface area (Å²) in [6.45, 7) is 0. The van der Waals surface area contributed by atoms with E-state index in [4.69, 9.17) is 0 Å².